The third-order valence-corrected chi connectivity index (χ3v) is 3.97. The van der Waals surface area contributed by atoms with Crippen molar-refractivity contribution in [2.75, 3.05) is 13.1 Å². The highest BCUT2D eigenvalue weighted by molar-refractivity contribution is 5.66. The normalized spacial score (nSPS) is 23.9. The van der Waals surface area contributed by atoms with Gasteiger partial charge in [-0.2, -0.15) is 0 Å². The molecule has 1 heterocycles. The summed E-state index contributed by atoms with van der Waals surface area (Å²) in [5.41, 5.74) is 0. The predicted molar refractivity (Wildman–Crippen MR) is 70.1 cm³/mol. The molecule has 100 valence electrons. The van der Waals surface area contributed by atoms with Crippen LogP contribution in [0.3, 0.4) is 0 Å². The van der Waals surface area contributed by atoms with Gasteiger partial charge in [-0.05, 0) is 44.1 Å². The average Bonchev–Trinajstić information content (AvgIpc) is 2.27. The molecule has 17 heavy (non-hydrogen) atoms. The number of aliphatic carboxylic acids is 1. The summed E-state index contributed by atoms with van der Waals surface area (Å²) in [7, 11) is 0. The zero-order chi connectivity index (χ0) is 12.8. The summed E-state index contributed by atoms with van der Waals surface area (Å²) < 4.78 is 0. The molecule has 0 radical (unpaired) electrons. The molecule has 2 unspecified atom stereocenters. The Hall–Kier alpha value is -0.570. The van der Waals surface area contributed by atoms with Crippen LogP contribution in [-0.4, -0.2) is 35.1 Å². The maximum atomic E-state index is 10.6. The number of carbonyl (C=O) groups is 1. The first-order chi connectivity index (χ1) is 8.04. The molecular weight excluding hydrogens is 214 g/mol. The van der Waals surface area contributed by atoms with E-state index in [2.05, 4.69) is 25.7 Å². The van der Waals surface area contributed by atoms with E-state index in [1.165, 1.54) is 25.8 Å². The van der Waals surface area contributed by atoms with Crippen LogP contribution in [0.4, 0.5) is 0 Å². The molecule has 1 saturated heterocycles. The van der Waals surface area contributed by atoms with Crippen molar-refractivity contribution in [1.29, 1.82) is 0 Å². The van der Waals surface area contributed by atoms with Crippen LogP contribution >= 0.6 is 0 Å². The van der Waals surface area contributed by atoms with Gasteiger partial charge in [-0.1, -0.05) is 20.8 Å². The van der Waals surface area contributed by atoms with Crippen LogP contribution in [-0.2, 0) is 4.79 Å². The van der Waals surface area contributed by atoms with E-state index in [0.717, 1.165) is 13.0 Å². The summed E-state index contributed by atoms with van der Waals surface area (Å²) in [6, 6.07) is 0.669. The molecule has 0 spiro atoms. The van der Waals surface area contributed by atoms with Gasteiger partial charge in [0.1, 0.15) is 0 Å². The number of likely N-dealkylation sites (tertiary alicyclic amines) is 1. The lowest BCUT2D eigenvalue weighted by atomic mass is 9.90. The third kappa shape index (κ3) is 4.66. The Morgan fingerprint density at radius 2 is 2.18 bits per heavy atom. The van der Waals surface area contributed by atoms with Gasteiger partial charge in [-0.15, -0.1) is 0 Å². The molecule has 0 aromatic rings. The third-order valence-electron chi connectivity index (χ3n) is 3.97. The number of carboxylic acids is 1. The highest BCUT2D eigenvalue weighted by atomic mass is 16.4. The second-order valence-electron chi connectivity index (χ2n) is 5.66. The summed E-state index contributed by atoms with van der Waals surface area (Å²) in [4.78, 5) is 13.2. The van der Waals surface area contributed by atoms with Crippen molar-refractivity contribution in [3.05, 3.63) is 0 Å². The Kier molecular flexibility index (Phi) is 5.96. The van der Waals surface area contributed by atoms with Crippen molar-refractivity contribution in [1.82, 2.24) is 4.90 Å². The fourth-order valence-electron chi connectivity index (χ4n) is 3.11. The second-order valence-corrected chi connectivity index (χ2v) is 5.66. The van der Waals surface area contributed by atoms with Gasteiger partial charge in [-0.3, -0.25) is 9.69 Å². The Bertz CT molecular complexity index is 240. The molecule has 2 atom stereocenters. The zero-order valence-corrected chi connectivity index (χ0v) is 11.5. The Balaban J connectivity index is 2.44. The Labute approximate surface area is 105 Å². The highest BCUT2D eigenvalue weighted by Crippen LogP contribution is 2.25. The lowest BCUT2D eigenvalue weighted by molar-refractivity contribution is -0.137. The van der Waals surface area contributed by atoms with E-state index in [0.29, 0.717) is 24.3 Å². The lowest BCUT2D eigenvalue weighted by Gasteiger charge is -2.40. The van der Waals surface area contributed by atoms with Gasteiger partial charge in [0.15, 0.2) is 0 Å². The number of hydrogen-bond acceptors (Lipinski definition) is 2. The van der Waals surface area contributed by atoms with Crippen LogP contribution in [0.5, 0.6) is 0 Å². The van der Waals surface area contributed by atoms with E-state index in [1.807, 2.05) is 0 Å². The number of carboxylic acid groups (broad SMARTS) is 1. The minimum Gasteiger partial charge on any atom is -0.481 e. The predicted octanol–water partition coefficient (Wildman–Crippen LogP) is 3.00. The molecule has 0 saturated carbocycles. The molecule has 0 aromatic carbocycles. The monoisotopic (exact) mass is 241 g/mol. The van der Waals surface area contributed by atoms with Gasteiger partial charge >= 0.3 is 5.97 Å². The molecule has 1 fully saturated rings. The van der Waals surface area contributed by atoms with Crippen LogP contribution in [0.2, 0.25) is 0 Å². The molecule has 0 bridgehead atoms. The zero-order valence-electron chi connectivity index (χ0n) is 11.5. The SMILES string of the molecule is CCC(C(C)C)N1CCCC(CCC(=O)O)C1. The molecule has 3 heteroatoms. The molecule has 0 aromatic heterocycles. The van der Waals surface area contributed by atoms with Crippen molar-refractivity contribution in [2.45, 2.75) is 58.9 Å². The molecule has 3 nitrogen and oxygen atoms in total. The summed E-state index contributed by atoms with van der Waals surface area (Å²) in [6.45, 7) is 9.12. The summed E-state index contributed by atoms with van der Waals surface area (Å²) in [5, 5.41) is 8.74. The van der Waals surface area contributed by atoms with E-state index in [9.17, 15) is 4.79 Å². The van der Waals surface area contributed by atoms with Crippen molar-refractivity contribution < 1.29 is 9.90 Å². The Morgan fingerprint density at radius 3 is 2.71 bits per heavy atom. The van der Waals surface area contributed by atoms with E-state index in [4.69, 9.17) is 5.11 Å². The van der Waals surface area contributed by atoms with Crippen LogP contribution in [0.25, 0.3) is 0 Å². The molecule has 1 N–H and O–H groups in total. The smallest absolute Gasteiger partial charge is 0.303 e. The topological polar surface area (TPSA) is 40.5 Å². The average molecular weight is 241 g/mol. The van der Waals surface area contributed by atoms with Gasteiger partial charge in [0.25, 0.3) is 0 Å². The minimum absolute atomic E-state index is 0.330. The first kappa shape index (κ1) is 14.5. The molecule has 1 aliphatic rings. The fourth-order valence-corrected chi connectivity index (χ4v) is 3.11. The maximum Gasteiger partial charge on any atom is 0.303 e. The number of hydrogen-bond donors (Lipinski definition) is 1. The molecule has 0 aliphatic carbocycles. The molecule has 1 aliphatic heterocycles. The number of rotatable bonds is 6. The summed E-state index contributed by atoms with van der Waals surface area (Å²) >= 11 is 0. The lowest BCUT2D eigenvalue weighted by Crippen LogP contribution is -2.44. The van der Waals surface area contributed by atoms with Crippen molar-refractivity contribution >= 4 is 5.97 Å². The summed E-state index contributed by atoms with van der Waals surface area (Å²) in [5.74, 6) is 0.629. The van der Waals surface area contributed by atoms with E-state index >= 15 is 0 Å². The van der Waals surface area contributed by atoms with Crippen LogP contribution in [0.15, 0.2) is 0 Å². The van der Waals surface area contributed by atoms with Crippen LogP contribution in [0, 0.1) is 11.8 Å². The minimum atomic E-state index is -0.655. The van der Waals surface area contributed by atoms with E-state index in [1.54, 1.807) is 0 Å². The summed E-state index contributed by atoms with van der Waals surface area (Å²) in [6.07, 6.45) is 4.81. The van der Waals surface area contributed by atoms with Gasteiger partial charge in [0.05, 0.1) is 0 Å². The quantitative estimate of drug-likeness (QED) is 0.777. The van der Waals surface area contributed by atoms with Gasteiger partial charge in [0, 0.05) is 19.0 Å². The number of nitrogens with zero attached hydrogens (tertiary/aromatic N) is 1. The van der Waals surface area contributed by atoms with Gasteiger partial charge in [0.2, 0.25) is 0 Å². The second kappa shape index (κ2) is 7.00. The first-order valence-corrected chi connectivity index (χ1v) is 7.00. The molecule has 0 amide bonds. The van der Waals surface area contributed by atoms with E-state index in [-0.39, 0.29) is 0 Å². The van der Waals surface area contributed by atoms with E-state index < -0.39 is 5.97 Å². The maximum absolute atomic E-state index is 10.6. The van der Waals surface area contributed by atoms with Crippen molar-refractivity contribution in [2.24, 2.45) is 11.8 Å². The van der Waals surface area contributed by atoms with Gasteiger partial charge in [-0.25, -0.2) is 0 Å². The first-order valence-electron chi connectivity index (χ1n) is 7.00. The highest BCUT2D eigenvalue weighted by Gasteiger charge is 2.26. The standard InChI is InChI=1S/C14H27NO2/c1-4-13(11(2)3)15-9-5-6-12(10-15)7-8-14(16)17/h11-13H,4-10H2,1-3H3,(H,16,17). The van der Waals surface area contributed by atoms with Gasteiger partial charge < -0.3 is 5.11 Å². The van der Waals surface area contributed by atoms with Crippen LogP contribution in [0.1, 0.15) is 52.9 Å². The molecule has 1 rings (SSSR count). The number of piperidine rings is 1. The van der Waals surface area contributed by atoms with Crippen LogP contribution < -0.4 is 0 Å². The van der Waals surface area contributed by atoms with Crippen molar-refractivity contribution in [3.8, 4) is 0 Å². The largest absolute Gasteiger partial charge is 0.481 e. The molecular formula is C14H27NO2. The van der Waals surface area contributed by atoms with Crippen molar-refractivity contribution in [3.63, 3.8) is 0 Å². The fraction of sp³-hybridized carbons (Fsp3) is 0.929. The Morgan fingerprint density at radius 1 is 1.47 bits per heavy atom.